The number of benzene rings is 1. The number of aliphatic hydroxyl groups excluding tert-OH is 1. The van der Waals surface area contributed by atoms with Gasteiger partial charge < -0.3 is 10.0 Å². The third-order valence-corrected chi connectivity index (χ3v) is 4.73. The Bertz CT molecular complexity index is 592. The van der Waals surface area contributed by atoms with E-state index in [2.05, 4.69) is 4.90 Å². The first-order valence-corrected chi connectivity index (χ1v) is 8.45. The average molecular weight is 316 g/mol. The van der Waals surface area contributed by atoms with Crippen LogP contribution in [0.5, 0.6) is 0 Å². The van der Waals surface area contributed by atoms with Crippen LogP contribution in [0.15, 0.2) is 47.2 Å². The molecule has 1 aromatic carbocycles. The Morgan fingerprint density at radius 3 is 2.50 bits per heavy atom. The lowest BCUT2D eigenvalue weighted by Gasteiger charge is -2.35. The lowest BCUT2D eigenvalue weighted by molar-refractivity contribution is 0.0528. The molecule has 0 aliphatic carbocycles. The molecule has 4 nitrogen and oxygen atoms in total. The van der Waals surface area contributed by atoms with E-state index in [4.69, 9.17) is 0 Å². The summed E-state index contributed by atoms with van der Waals surface area (Å²) in [4.78, 5) is 16.4. The number of thiophene rings is 1. The highest BCUT2D eigenvalue weighted by atomic mass is 32.1. The van der Waals surface area contributed by atoms with Crippen LogP contribution in [-0.4, -0.2) is 53.5 Å². The van der Waals surface area contributed by atoms with Gasteiger partial charge in [-0.2, -0.15) is 11.3 Å². The molecule has 1 saturated heterocycles. The van der Waals surface area contributed by atoms with Gasteiger partial charge in [0.15, 0.2) is 0 Å². The van der Waals surface area contributed by atoms with Gasteiger partial charge in [0.05, 0.1) is 11.7 Å². The van der Waals surface area contributed by atoms with E-state index in [9.17, 15) is 9.90 Å². The molecule has 1 amide bonds. The third kappa shape index (κ3) is 3.55. The zero-order chi connectivity index (χ0) is 15.4. The van der Waals surface area contributed by atoms with Crippen molar-refractivity contribution < 1.29 is 9.90 Å². The monoisotopic (exact) mass is 316 g/mol. The first kappa shape index (κ1) is 15.2. The number of amides is 1. The van der Waals surface area contributed by atoms with Gasteiger partial charge >= 0.3 is 0 Å². The number of aliphatic hydroxyl groups is 1. The van der Waals surface area contributed by atoms with Crippen molar-refractivity contribution in [2.75, 3.05) is 32.7 Å². The predicted molar refractivity (Wildman–Crippen MR) is 88.1 cm³/mol. The fraction of sp³-hybridized carbons (Fsp3) is 0.353. The van der Waals surface area contributed by atoms with Crippen LogP contribution in [0, 0.1) is 0 Å². The number of carbonyl (C=O) groups is 1. The zero-order valence-corrected chi connectivity index (χ0v) is 13.2. The maximum Gasteiger partial charge on any atom is 0.254 e. The molecule has 0 saturated carbocycles. The summed E-state index contributed by atoms with van der Waals surface area (Å²) < 4.78 is 0. The van der Waals surface area contributed by atoms with Gasteiger partial charge in [0.1, 0.15) is 0 Å². The summed E-state index contributed by atoms with van der Waals surface area (Å²) in [5, 5.41) is 14.1. The van der Waals surface area contributed by atoms with Gasteiger partial charge in [0.25, 0.3) is 5.91 Å². The Morgan fingerprint density at radius 2 is 1.86 bits per heavy atom. The number of nitrogens with zero attached hydrogens (tertiary/aromatic N) is 2. The standard InChI is InChI=1S/C17H20N2O2S/c20-16(14-4-2-1-3-5-14)12-18-7-9-19(10-8-18)17(21)15-6-11-22-13-15/h1-6,11,13,16,20H,7-10,12H2. The predicted octanol–water partition coefficient (Wildman–Crippen LogP) is 2.24. The summed E-state index contributed by atoms with van der Waals surface area (Å²) in [6.45, 7) is 3.66. The Kier molecular flexibility index (Phi) is 4.87. The van der Waals surface area contributed by atoms with Gasteiger partial charge in [-0.05, 0) is 17.0 Å². The van der Waals surface area contributed by atoms with Crippen LogP contribution in [-0.2, 0) is 0 Å². The molecule has 1 aliphatic heterocycles. The molecule has 1 fully saturated rings. The quantitative estimate of drug-likeness (QED) is 0.941. The van der Waals surface area contributed by atoms with Gasteiger partial charge in [-0.1, -0.05) is 30.3 Å². The first-order valence-electron chi connectivity index (χ1n) is 7.51. The maximum absolute atomic E-state index is 12.3. The largest absolute Gasteiger partial charge is 0.387 e. The second-order valence-electron chi connectivity index (χ2n) is 5.53. The van der Waals surface area contributed by atoms with Crippen molar-refractivity contribution in [3.8, 4) is 0 Å². The van der Waals surface area contributed by atoms with Crippen molar-refractivity contribution in [3.63, 3.8) is 0 Å². The van der Waals surface area contributed by atoms with Gasteiger partial charge in [0, 0.05) is 38.1 Å². The van der Waals surface area contributed by atoms with Crippen molar-refractivity contribution in [1.29, 1.82) is 0 Å². The number of hydrogen-bond acceptors (Lipinski definition) is 4. The Balaban J connectivity index is 1.51. The molecule has 1 aliphatic rings. The van der Waals surface area contributed by atoms with E-state index in [0.717, 1.165) is 37.3 Å². The number of carbonyl (C=O) groups excluding carboxylic acids is 1. The van der Waals surface area contributed by atoms with E-state index in [-0.39, 0.29) is 5.91 Å². The number of rotatable bonds is 4. The van der Waals surface area contributed by atoms with Crippen LogP contribution in [0.3, 0.4) is 0 Å². The lowest BCUT2D eigenvalue weighted by Crippen LogP contribution is -2.49. The maximum atomic E-state index is 12.3. The highest BCUT2D eigenvalue weighted by Gasteiger charge is 2.23. The molecule has 1 aromatic heterocycles. The second-order valence-corrected chi connectivity index (χ2v) is 6.31. The van der Waals surface area contributed by atoms with E-state index < -0.39 is 6.10 Å². The molecule has 0 bridgehead atoms. The summed E-state index contributed by atoms with van der Waals surface area (Å²) in [5.41, 5.74) is 1.72. The summed E-state index contributed by atoms with van der Waals surface area (Å²) in [6, 6.07) is 11.6. The van der Waals surface area contributed by atoms with Gasteiger partial charge in [-0.25, -0.2) is 0 Å². The normalized spacial score (nSPS) is 17.4. The Labute approximate surface area is 134 Å². The van der Waals surface area contributed by atoms with Crippen LogP contribution >= 0.6 is 11.3 Å². The van der Waals surface area contributed by atoms with Crippen LogP contribution < -0.4 is 0 Å². The van der Waals surface area contributed by atoms with Gasteiger partial charge in [-0.15, -0.1) is 0 Å². The molecule has 22 heavy (non-hydrogen) atoms. The highest BCUT2D eigenvalue weighted by Crippen LogP contribution is 2.16. The van der Waals surface area contributed by atoms with Crippen LogP contribution in [0.1, 0.15) is 22.0 Å². The van der Waals surface area contributed by atoms with Crippen LogP contribution in [0.2, 0.25) is 0 Å². The molecule has 2 aromatic rings. The van der Waals surface area contributed by atoms with Crippen molar-refractivity contribution in [3.05, 3.63) is 58.3 Å². The fourth-order valence-electron chi connectivity index (χ4n) is 2.73. The van der Waals surface area contributed by atoms with Crippen LogP contribution in [0.25, 0.3) is 0 Å². The second kappa shape index (κ2) is 7.05. The summed E-state index contributed by atoms with van der Waals surface area (Å²) in [6.07, 6.45) is -0.472. The highest BCUT2D eigenvalue weighted by molar-refractivity contribution is 7.08. The molecule has 1 atom stereocenters. The minimum atomic E-state index is -0.472. The molecule has 116 valence electrons. The average Bonchev–Trinajstić information content (AvgIpc) is 3.10. The molecule has 3 rings (SSSR count). The minimum absolute atomic E-state index is 0.115. The van der Waals surface area contributed by atoms with Crippen LogP contribution in [0.4, 0.5) is 0 Å². The van der Waals surface area contributed by atoms with Gasteiger partial charge in [-0.3, -0.25) is 9.69 Å². The third-order valence-electron chi connectivity index (χ3n) is 4.04. The van der Waals surface area contributed by atoms with Gasteiger partial charge in [0.2, 0.25) is 0 Å². The summed E-state index contributed by atoms with van der Waals surface area (Å²) >= 11 is 1.55. The minimum Gasteiger partial charge on any atom is -0.387 e. The molecule has 1 N–H and O–H groups in total. The Morgan fingerprint density at radius 1 is 1.14 bits per heavy atom. The van der Waals surface area contributed by atoms with E-state index in [1.165, 1.54) is 0 Å². The van der Waals surface area contributed by atoms with Crippen molar-refractivity contribution in [2.24, 2.45) is 0 Å². The molecular formula is C17H20N2O2S. The molecule has 0 spiro atoms. The molecule has 2 heterocycles. The lowest BCUT2D eigenvalue weighted by atomic mass is 10.1. The van der Waals surface area contributed by atoms with Crippen molar-refractivity contribution >= 4 is 17.2 Å². The molecule has 5 heteroatoms. The number of hydrogen-bond donors (Lipinski definition) is 1. The van der Waals surface area contributed by atoms with E-state index in [1.54, 1.807) is 11.3 Å². The summed E-state index contributed by atoms with van der Waals surface area (Å²) in [7, 11) is 0. The fourth-order valence-corrected chi connectivity index (χ4v) is 3.36. The van der Waals surface area contributed by atoms with E-state index >= 15 is 0 Å². The first-order chi connectivity index (χ1) is 10.7. The molecule has 1 unspecified atom stereocenters. The Hall–Kier alpha value is -1.69. The smallest absolute Gasteiger partial charge is 0.254 e. The van der Waals surface area contributed by atoms with E-state index in [1.807, 2.05) is 52.1 Å². The number of piperazine rings is 1. The number of β-amino-alcohol motifs (C(OH)–C–C–N with tert-alkyl or cyclic N) is 1. The van der Waals surface area contributed by atoms with Crippen molar-refractivity contribution in [1.82, 2.24) is 9.80 Å². The SMILES string of the molecule is O=C(c1ccsc1)N1CCN(CC(O)c2ccccc2)CC1. The zero-order valence-electron chi connectivity index (χ0n) is 12.4. The molecular weight excluding hydrogens is 296 g/mol. The van der Waals surface area contributed by atoms with Crippen molar-refractivity contribution in [2.45, 2.75) is 6.10 Å². The topological polar surface area (TPSA) is 43.8 Å². The summed E-state index contributed by atoms with van der Waals surface area (Å²) in [5.74, 6) is 0.115. The molecule has 0 radical (unpaired) electrons. The van der Waals surface area contributed by atoms with E-state index in [0.29, 0.717) is 6.54 Å².